The number of sulfonamides is 1. The third-order valence-electron chi connectivity index (χ3n) is 3.56. The van der Waals surface area contributed by atoms with E-state index in [1.807, 2.05) is 0 Å². The molecule has 0 N–H and O–H groups in total. The van der Waals surface area contributed by atoms with Crippen LogP contribution in [0.15, 0.2) is 27.6 Å². The molecule has 2 atom stereocenters. The lowest BCUT2D eigenvalue weighted by molar-refractivity contribution is -0.0691. The van der Waals surface area contributed by atoms with E-state index in [1.165, 1.54) is 0 Å². The molecule has 1 saturated heterocycles. The second-order valence-electron chi connectivity index (χ2n) is 5.51. The summed E-state index contributed by atoms with van der Waals surface area (Å²) in [5, 5.41) is 3.65. The van der Waals surface area contributed by atoms with E-state index in [2.05, 4.69) is 10.1 Å². The fourth-order valence-electron chi connectivity index (χ4n) is 2.51. The Kier molecular flexibility index (Phi) is 4.37. The maximum atomic E-state index is 13.9. The van der Waals surface area contributed by atoms with Crippen molar-refractivity contribution in [3.8, 4) is 0 Å². The maximum absolute atomic E-state index is 13.9. The van der Waals surface area contributed by atoms with Crippen LogP contribution in [0.25, 0.3) is 0 Å². The van der Waals surface area contributed by atoms with Crippen LogP contribution in [-0.4, -0.2) is 42.1 Å². The summed E-state index contributed by atoms with van der Waals surface area (Å²) in [6.45, 7) is 3.23. The quantitative estimate of drug-likeness (QED) is 0.831. The number of aromatic nitrogens is 2. The van der Waals surface area contributed by atoms with Gasteiger partial charge in [0.2, 0.25) is 10.0 Å². The number of morpholine rings is 1. The van der Waals surface area contributed by atoms with Gasteiger partial charge in [-0.05, 0) is 26.0 Å². The Balaban J connectivity index is 1.92. The van der Waals surface area contributed by atoms with Crippen molar-refractivity contribution in [2.75, 3.05) is 13.1 Å². The molecule has 0 unspecified atom stereocenters. The van der Waals surface area contributed by atoms with Crippen LogP contribution in [0, 0.1) is 18.6 Å². The van der Waals surface area contributed by atoms with Crippen molar-refractivity contribution in [3.05, 3.63) is 41.5 Å². The van der Waals surface area contributed by atoms with Crippen LogP contribution in [-0.2, 0) is 14.8 Å². The molecule has 130 valence electrons. The molecule has 1 fully saturated rings. The van der Waals surface area contributed by atoms with E-state index < -0.39 is 38.8 Å². The molecule has 0 aliphatic carbocycles. The minimum atomic E-state index is -4.15. The number of hydrogen-bond donors (Lipinski definition) is 0. The summed E-state index contributed by atoms with van der Waals surface area (Å²) in [4.78, 5) is 3.45. The lowest BCUT2D eigenvalue weighted by Crippen LogP contribution is -2.46. The van der Waals surface area contributed by atoms with E-state index in [0.29, 0.717) is 11.9 Å². The van der Waals surface area contributed by atoms with Gasteiger partial charge in [0, 0.05) is 19.2 Å². The minimum Gasteiger partial charge on any atom is -0.363 e. The SMILES string of the molecule is Cc1noc([C@H]2CN(S(=O)(=O)c3ccc(F)cc3F)C[C@@H](C)O2)n1. The van der Waals surface area contributed by atoms with Gasteiger partial charge in [-0.1, -0.05) is 5.16 Å². The molecule has 1 aliphatic rings. The molecule has 0 amide bonds. The number of halogens is 2. The summed E-state index contributed by atoms with van der Waals surface area (Å²) in [6.07, 6.45) is -1.22. The van der Waals surface area contributed by atoms with Crippen LogP contribution in [0.2, 0.25) is 0 Å². The molecule has 0 saturated carbocycles. The molecule has 0 radical (unpaired) electrons. The van der Waals surface area contributed by atoms with Gasteiger partial charge in [-0.25, -0.2) is 17.2 Å². The first-order valence-electron chi connectivity index (χ1n) is 7.18. The summed E-state index contributed by atoms with van der Waals surface area (Å²) in [6, 6.07) is 2.35. The molecular formula is C14H15F2N3O4S. The van der Waals surface area contributed by atoms with Crippen LogP contribution < -0.4 is 0 Å². The Morgan fingerprint density at radius 1 is 1.29 bits per heavy atom. The van der Waals surface area contributed by atoms with Crippen molar-refractivity contribution in [1.29, 1.82) is 0 Å². The first kappa shape index (κ1) is 16.9. The Morgan fingerprint density at radius 2 is 2.04 bits per heavy atom. The maximum Gasteiger partial charge on any atom is 0.257 e. The summed E-state index contributed by atoms with van der Waals surface area (Å²) < 4.78 is 64.0. The molecular weight excluding hydrogens is 344 g/mol. The van der Waals surface area contributed by atoms with Crippen LogP contribution in [0.1, 0.15) is 24.7 Å². The highest BCUT2D eigenvalue weighted by atomic mass is 32.2. The predicted molar refractivity (Wildman–Crippen MR) is 77.4 cm³/mol. The summed E-state index contributed by atoms with van der Waals surface area (Å²) in [5.74, 6) is -1.44. The zero-order chi connectivity index (χ0) is 17.5. The van der Waals surface area contributed by atoms with Gasteiger partial charge in [-0.2, -0.15) is 9.29 Å². The molecule has 3 rings (SSSR count). The van der Waals surface area contributed by atoms with Crippen molar-refractivity contribution in [3.63, 3.8) is 0 Å². The van der Waals surface area contributed by atoms with E-state index in [-0.39, 0.29) is 19.0 Å². The van der Waals surface area contributed by atoms with Crippen molar-refractivity contribution < 1.29 is 26.5 Å². The van der Waals surface area contributed by atoms with Gasteiger partial charge in [-0.3, -0.25) is 0 Å². The molecule has 1 aliphatic heterocycles. The normalized spacial score (nSPS) is 22.7. The molecule has 7 nitrogen and oxygen atoms in total. The molecule has 2 heterocycles. The molecule has 24 heavy (non-hydrogen) atoms. The molecule has 1 aromatic carbocycles. The average Bonchev–Trinajstić information content (AvgIpc) is 2.93. The zero-order valence-electron chi connectivity index (χ0n) is 12.9. The molecule has 1 aromatic heterocycles. The average molecular weight is 359 g/mol. The van der Waals surface area contributed by atoms with Gasteiger partial charge in [0.1, 0.15) is 16.5 Å². The van der Waals surface area contributed by atoms with Gasteiger partial charge >= 0.3 is 0 Å². The largest absolute Gasteiger partial charge is 0.363 e. The second-order valence-corrected chi connectivity index (χ2v) is 7.42. The smallest absolute Gasteiger partial charge is 0.257 e. The van der Waals surface area contributed by atoms with Crippen LogP contribution in [0.4, 0.5) is 8.78 Å². The first-order chi connectivity index (χ1) is 11.3. The Bertz CT molecular complexity index is 855. The fourth-order valence-corrected chi connectivity index (χ4v) is 4.07. The Labute approximate surface area is 137 Å². The summed E-state index contributed by atoms with van der Waals surface area (Å²) >= 11 is 0. The highest BCUT2D eigenvalue weighted by Crippen LogP contribution is 2.29. The molecule has 0 bridgehead atoms. The topological polar surface area (TPSA) is 85.5 Å². The fraction of sp³-hybridized carbons (Fsp3) is 0.429. The highest BCUT2D eigenvalue weighted by Gasteiger charge is 2.38. The van der Waals surface area contributed by atoms with E-state index in [1.54, 1.807) is 13.8 Å². The Hall–Kier alpha value is -1.91. The van der Waals surface area contributed by atoms with Crippen molar-refractivity contribution in [2.24, 2.45) is 0 Å². The molecule has 10 heteroatoms. The van der Waals surface area contributed by atoms with Crippen molar-refractivity contribution in [1.82, 2.24) is 14.4 Å². The molecule has 0 spiro atoms. The Morgan fingerprint density at radius 3 is 2.67 bits per heavy atom. The summed E-state index contributed by atoms with van der Waals surface area (Å²) in [5.41, 5.74) is 0. The number of ether oxygens (including phenoxy) is 1. The van der Waals surface area contributed by atoms with Gasteiger partial charge in [-0.15, -0.1) is 0 Å². The highest BCUT2D eigenvalue weighted by molar-refractivity contribution is 7.89. The number of hydrogen-bond acceptors (Lipinski definition) is 6. The lowest BCUT2D eigenvalue weighted by atomic mass is 10.2. The van der Waals surface area contributed by atoms with Gasteiger partial charge in [0.05, 0.1) is 6.10 Å². The first-order valence-corrected chi connectivity index (χ1v) is 8.62. The van der Waals surface area contributed by atoms with Crippen molar-refractivity contribution in [2.45, 2.75) is 31.0 Å². The molecule has 2 aromatic rings. The standard InChI is InChI=1S/C14H15F2N3O4S/c1-8-6-19(7-12(22-8)14-17-9(2)18-23-14)24(20,21)13-4-3-10(15)5-11(13)16/h3-5,8,12H,6-7H2,1-2H3/t8-,12-/m1/s1. The third-order valence-corrected chi connectivity index (χ3v) is 5.42. The van der Waals surface area contributed by atoms with Gasteiger partial charge in [0.25, 0.3) is 5.89 Å². The third kappa shape index (κ3) is 3.17. The van der Waals surface area contributed by atoms with Crippen LogP contribution in [0.3, 0.4) is 0 Å². The van der Waals surface area contributed by atoms with Crippen molar-refractivity contribution >= 4 is 10.0 Å². The van der Waals surface area contributed by atoms with E-state index in [9.17, 15) is 17.2 Å². The summed E-state index contributed by atoms with van der Waals surface area (Å²) in [7, 11) is -4.15. The van der Waals surface area contributed by atoms with E-state index >= 15 is 0 Å². The number of rotatable bonds is 3. The van der Waals surface area contributed by atoms with E-state index in [4.69, 9.17) is 9.26 Å². The minimum absolute atomic E-state index is 0.0305. The lowest BCUT2D eigenvalue weighted by Gasteiger charge is -2.34. The number of benzene rings is 1. The van der Waals surface area contributed by atoms with Crippen LogP contribution >= 0.6 is 0 Å². The number of nitrogens with zero attached hydrogens (tertiary/aromatic N) is 3. The second kappa shape index (κ2) is 6.19. The zero-order valence-corrected chi connectivity index (χ0v) is 13.8. The van der Waals surface area contributed by atoms with Gasteiger partial charge < -0.3 is 9.26 Å². The monoisotopic (exact) mass is 359 g/mol. The van der Waals surface area contributed by atoms with Gasteiger partial charge in [0.15, 0.2) is 11.9 Å². The van der Waals surface area contributed by atoms with Crippen LogP contribution in [0.5, 0.6) is 0 Å². The van der Waals surface area contributed by atoms with E-state index in [0.717, 1.165) is 16.4 Å². The predicted octanol–water partition coefficient (Wildman–Crippen LogP) is 1.81. The number of aryl methyl sites for hydroxylation is 1.